The second-order valence-corrected chi connectivity index (χ2v) is 14.5. The summed E-state index contributed by atoms with van der Waals surface area (Å²) in [5.41, 5.74) is 2.59. The number of hydrogen-bond acceptors (Lipinski definition) is 6. The molecule has 0 spiro atoms. The second-order valence-electron chi connectivity index (χ2n) is 14.5. The molecule has 1 aliphatic heterocycles. The van der Waals surface area contributed by atoms with E-state index in [0.717, 1.165) is 17.2 Å². The molecule has 11 heteroatoms. The molecule has 3 heterocycles. The highest BCUT2D eigenvalue weighted by molar-refractivity contribution is 5.96. The van der Waals surface area contributed by atoms with Gasteiger partial charge in [0, 0.05) is 55.9 Å². The second kappa shape index (κ2) is 13.2. The van der Waals surface area contributed by atoms with Gasteiger partial charge in [0.05, 0.1) is 30.1 Å². The molecule has 258 valence electrons. The van der Waals surface area contributed by atoms with Gasteiger partial charge in [-0.15, -0.1) is 0 Å². The van der Waals surface area contributed by atoms with Gasteiger partial charge in [-0.25, -0.2) is 18.8 Å². The minimum absolute atomic E-state index is 0.189. The van der Waals surface area contributed by atoms with Crippen molar-refractivity contribution in [2.75, 3.05) is 38.7 Å². The van der Waals surface area contributed by atoms with E-state index >= 15 is 0 Å². The van der Waals surface area contributed by atoms with Crippen LogP contribution in [-0.4, -0.2) is 70.9 Å². The van der Waals surface area contributed by atoms with Gasteiger partial charge in [-0.1, -0.05) is 33.8 Å². The fourth-order valence-corrected chi connectivity index (χ4v) is 8.55. The van der Waals surface area contributed by atoms with Crippen molar-refractivity contribution in [3.63, 3.8) is 0 Å². The molecule has 2 aromatic heterocycles. The Hall–Kier alpha value is -4.38. The number of alkyl halides is 1. The fourth-order valence-electron chi connectivity index (χ4n) is 8.55. The number of methoxy groups -OCH3 is 1. The number of rotatable bonds is 8. The predicted octanol–water partition coefficient (Wildman–Crippen LogP) is 5.79. The van der Waals surface area contributed by atoms with Crippen molar-refractivity contribution < 1.29 is 13.5 Å². The minimum Gasteiger partial charge on any atom is -0.497 e. The van der Waals surface area contributed by atoms with Crippen LogP contribution in [0.3, 0.4) is 0 Å². The van der Waals surface area contributed by atoms with Crippen LogP contribution in [-0.2, 0) is 13.0 Å². The first-order chi connectivity index (χ1) is 23.6. The Morgan fingerprint density at radius 3 is 2.67 bits per heavy atom. The zero-order chi connectivity index (χ0) is 34.4. The first-order valence-electron chi connectivity index (χ1n) is 17.3. The molecule has 4 aromatic rings. The molecule has 2 aliphatic carbocycles. The molecule has 9 nitrogen and oxygen atoms in total. The van der Waals surface area contributed by atoms with E-state index in [1.54, 1.807) is 35.2 Å². The molecule has 2 N–H and O–H groups in total. The smallest absolute Gasteiger partial charge is 0.261 e. The van der Waals surface area contributed by atoms with Crippen molar-refractivity contribution in [3.8, 4) is 17.1 Å². The van der Waals surface area contributed by atoms with E-state index in [1.165, 1.54) is 13.2 Å². The maximum Gasteiger partial charge on any atom is 0.261 e. The summed E-state index contributed by atoms with van der Waals surface area (Å²) in [4.78, 5) is 30.7. The highest BCUT2D eigenvalue weighted by Gasteiger charge is 2.67. The van der Waals surface area contributed by atoms with Crippen LogP contribution in [0.25, 0.3) is 22.3 Å². The van der Waals surface area contributed by atoms with Crippen LogP contribution in [0.1, 0.15) is 33.3 Å². The normalized spacial score (nSPS) is 26.1. The van der Waals surface area contributed by atoms with Gasteiger partial charge in [-0.05, 0) is 77.5 Å². The number of fused-ring (bicyclic) bond motifs is 2. The molecule has 0 bridgehead atoms. The number of aliphatic imine (C=N–C) groups is 1. The first kappa shape index (κ1) is 33.1. The Kier molecular flexibility index (Phi) is 8.89. The summed E-state index contributed by atoms with van der Waals surface area (Å²) in [6, 6.07) is 13.8. The summed E-state index contributed by atoms with van der Waals surface area (Å²) in [5, 5.41) is 7.29. The Morgan fingerprint density at radius 2 is 1.94 bits per heavy atom. The SMILES string of the molecule is COc1ccc(CCn2c(-c3ccncc3)nc3cc(NC(=N[C@H]4C5[C@@H](C)C(C)(C)[C@@H]5[C@@H]4C)N4CCN[C@@H](CF)C4)ccc3c2=O)c(F)c1. The quantitative estimate of drug-likeness (QED) is 0.181. The molecule has 1 saturated heterocycles. The highest BCUT2D eigenvalue weighted by Crippen LogP contribution is 2.68. The zero-order valence-electron chi connectivity index (χ0n) is 28.8. The maximum atomic E-state index is 14.8. The topological polar surface area (TPSA) is 96.7 Å². The van der Waals surface area contributed by atoms with Gasteiger partial charge < -0.3 is 20.3 Å². The number of nitrogens with zero attached hydrogens (tertiary/aromatic N) is 5. The Labute approximate surface area is 285 Å². The molecule has 2 saturated carbocycles. The third-order valence-corrected chi connectivity index (χ3v) is 11.6. The van der Waals surface area contributed by atoms with Crippen LogP contribution in [0.2, 0.25) is 0 Å². The zero-order valence-corrected chi connectivity index (χ0v) is 28.8. The minimum atomic E-state index is -0.450. The number of ether oxygens (including phenoxy) is 1. The van der Waals surface area contributed by atoms with Crippen LogP contribution in [0.15, 0.2) is 70.7 Å². The van der Waals surface area contributed by atoms with E-state index in [-0.39, 0.29) is 30.0 Å². The number of hydrogen-bond donors (Lipinski definition) is 2. The number of piperazine rings is 1. The lowest BCUT2D eigenvalue weighted by atomic mass is 9.35. The van der Waals surface area contributed by atoms with Gasteiger partial charge in [0.2, 0.25) is 0 Å². The fraction of sp³-hybridized carbons (Fsp3) is 0.474. The Morgan fingerprint density at radius 1 is 1.14 bits per heavy atom. The summed E-state index contributed by atoms with van der Waals surface area (Å²) in [6.07, 6.45) is 3.62. The molecule has 1 unspecified atom stereocenters. The van der Waals surface area contributed by atoms with E-state index in [0.29, 0.717) is 83.2 Å². The van der Waals surface area contributed by atoms with Crippen molar-refractivity contribution >= 4 is 22.5 Å². The summed E-state index contributed by atoms with van der Waals surface area (Å²) in [5.74, 6) is 3.48. The molecule has 6 atom stereocenters. The van der Waals surface area contributed by atoms with Crippen LogP contribution in [0.5, 0.6) is 5.75 Å². The number of pyridine rings is 1. The number of anilines is 1. The van der Waals surface area contributed by atoms with Crippen molar-refractivity contribution in [3.05, 3.63) is 82.7 Å². The number of aromatic nitrogens is 3. The lowest BCUT2D eigenvalue weighted by molar-refractivity contribution is -0.208. The molecule has 7 rings (SSSR count). The molecule has 3 aliphatic rings. The van der Waals surface area contributed by atoms with E-state index < -0.39 is 6.67 Å². The summed E-state index contributed by atoms with van der Waals surface area (Å²) in [6.45, 7) is 11.0. The van der Waals surface area contributed by atoms with Crippen molar-refractivity contribution in [2.24, 2.45) is 34.1 Å². The van der Waals surface area contributed by atoms with E-state index in [1.807, 2.05) is 24.3 Å². The van der Waals surface area contributed by atoms with Gasteiger partial charge in [-0.3, -0.25) is 14.3 Å². The highest BCUT2D eigenvalue weighted by atomic mass is 19.1. The standard InChI is InChI=1S/C38H45F2N7O2/c1-22-33-32(23(2)38(33,3)4)34(22)45-37(46-17-15-42-27(20-39)21-46)43-26-7-9-29-31(18-26)44-35(25-10-13-41-14-11-25)47(36(29)48)16-12-24-6-8-28(49-5)19-30(24)40/h6-11,13-14,18-19,22-23,27,32-34,42H,12,15-17,20-21H2,1-5H3,(H,43,45)/t22-,23+,27-,32?,33+,34+/m0/s1. The Balaban J connectivity index is 1.23. The van der Waals surface area contributed by atoms with Crippen LogP contribution in [0, 0.1) is 34.9 Å². The van der Waals surface area contributed by atoms with Crippen molar-refractivity contribution in [2.45, 2.75) is 52.7 Å². The first-order valence-corrected chi connectivity index (χ1v) is 17.3. The average Bonchev–Trinajstić information content (AvgIpc) is 3.11. The third-order valence-electron chi connectivity index (χ3n) is 11.6. The van der Waals surface area contributed by atoms with Crippen molar-refractivity contribution in [1.29, 1.82) is 0 Å². The summed E-state index contributed by atoms with van der Waals surface area (Å²) in [7, 11) is 1.50. The van der Waals surface area contributed by atoms with E-state index in [9.17, 15) is 13.6 Å². The lowest BCUT2D eigenvalue weighted by Crippen LogP contribution is -2.69. The largest absolute Gasteiger partial charge is 0.497 e. The number of aryl methyl sites for hydroxylation is 1. The maximum absolute atomic E-state index is 14.8. The third kappa shape index (κ3) is 5.96. The van der Waals surface area contributed by atoms with E-state index in [4.69, 9.17) is 14.7 Å². The molecule has 2 aromatic carbocycles. The molecule has 0 amide bonds. The monoisotopic (exact) mass is 669 g/mol. The van der Waals surface area contributed by atoms with Gasteiger partial charge in [0.15, 0.2) is 5.96 Å². The van der Waals surface area contributed by atoms with Gasteiger partial charge >= 0.3 is 0 Å². The molecule has 3 fully saturated rings. The average molecular weight is 670 g/mol. The number of guanidine groups is 1. The molecule has 49 heavy (non-hydrogen) atoms. The summed E-state index contributed by atoms with van der Waals surface area (Å²) >= 11 is 0. The van der Waals surface area contributed by atoms with Gasteiger partial charge in [0.1, 0.15) is 24.1 Å². The number of nitrogens with one attached hydrogen (secondary N) is 2. The van der Waals surface area contributed by atoms with Gasteiger partial charge in [-0.2, -0.15) is 0 Å². The van der Waals surface area contributed by atoms with Gasteiger partial charge in [0.25, 0.3) is 5.56 Å². The molecular formula is C38H45F2N7O2. The van der Waals surface area contributed by atoms with Crippen LogP contribution in [0.4, 0.5) is 14.5 Å². The Bertz CT molecular complexity index is 1930. The lowest BCUT2D eigenvalue weighted by Gasteiger charge is -2.70. The van der Waals surface area contributed by atoms with Crippen LogP contribution < -0.4 is 20.9 Å². The van der Waals surface area contributed by atoms with Crippen LogP contribution >= 0.6 is 0 Å². The molecular weight excluding hydrogens is 624 g/mol. The predicted molar refractivity (Wildman–Crippen MR) is 189 cm³/mol. The van der Waals surface area contributed by atoms with E-state index in [2.05, 4.69) is 48.2 Å². The molecule has 0 radical (unpaired) electrons. The summed E-state index contributed by atoms with van der Waals surface area (Å²) < 4.78 is 35.4. The van der Waals surface area contributed by atoms with Crippen molar-refractivity contribution in [1.82, 2.24) is 24.8 Å². The number of halogens is 2. The number of benzene rings is 2.